The number of carbonyl (C=O) groups is 2. The fraction of sp³-hybridized carbons (Fsp3) is 0.299. The number of ether oxygens (including phenoxy) is 4. The number of allylic oxidation sites excluding steroid dienone is 2. The summed E-state index contributed by atoms with van der Waals surface area (Å²) in [5.41, 5.74) is 14.3. The minimum atomic E-state index is -4.64. The van der Waals surface area contributed by atoms with E-state index >= 15 is 0 Å². The number of anilines is 2. The van der Waals surface area contributed by atoms with Gasteiger partial charge in [0, 0.05) is 158 Å². The van der Waals surface area contributed by atoms with E-state index in [1.54, 1.807) is 60.9 Å². The molecule has 127 heavy (non-hydrogen) atoms. The molecule has 4 aromatic heterocycles. The minimum absolute atomic E-state index is 0.0494. The zero-order chi connectivity index (χ0) is 88.6. The molecule has 2 atom stereocenters. The maximum Gasteiger partial charge on any atom is 0.277 e. The molecule has 4 aliphatic heterocycles. The second-order valence-corrected chi connectivity index (χ2v) is 39.3. The molecule has 2 amide bonds. The Balaban J connectivity index is 0.000000179. The molecule has 2 fully saturated rings. The maximum absolute atomic E-state index is 14.1. The summed E-state index contributed by atoms with van der Waals surface area (Å²) >= 11 is 12.5. The number of aromatic amines is 2. The molecule has 0 saturated carbocycles. The van der Waals surface area contributed by atoms with E-state index < -0.39 is 62.9 Å². The number of H-pyrrole nitrogens is 2. The van der Waals surface area contributed by atoms with Gasteiger partial charge in [-0.25, -0.2) is 36.2 Å². The number of rotatable bonds is 22. The van der Waals surface area contributed by atoms with Crippen molar-refractivity contribution < 1.29 is 55.2 Å². The number of benzene rings is 8. The Labute approximate surface area is 746 Å². The quantitative estimate of drug-likeness (QED) is 0.0362. The molecular weight excluding hydrogens is 1690 g/mol. The molecule has 8 aromatic carbocycles. The summed E-state index contributed by atoms with van der Waals surface area (Å²) in [6, 6.07) is 55.5. The average Bonchev–Trinajstić information content (AvgIpc) is 1.31. The highest BCUT2D eigenvalue weighted by Gasteiger charge is 2.38. The van der Waals surface area contributed by atoms with Gasteiger partial charge in [0.05, 0.1) is 67.5 Å². The van der Waals surface area contributed by atoms with Crippen LogP contribution in [-0.4, -0.2) is 147 Å². The first-order chi connectivity index (χ1) is 61.0. The van der Waals surface area contributed by atoms with E-state index in [2.05, 4.69) is 101 Å². The van der Waals surface area contributed by atoms with Crippen molar-refractivity contribution >= 4 is 111 Å². The minimum Gasteiger partial charge on any atom is -0.492 e. The van der Waals surface area contributed by atoms with Gasteiger partial charge in [0.2, 0.25) is 0 Å². The highest BCUT2D eigenvalue weighted by Crippen LogP contribution is 2.48. The van der Waals surface area contributed by atoms with Gasteiger partial charge in [0.25, 0.3) is 43.2 Å². The number of aromatic nitrogens is 4. The van der Waals surface area contributed by atoms with Crippen molar-refractivity contribution in [1.82, 2.24) is 39.2 Å². The lowest BCUT2D eigenvalue weighted by molar-refractivity contribution is -0.386. The molecule has 4 N–H and O–H groups in total. The molecule has 2 saturated heterocycles. The first-order valence-corrected chi connectivity index (χ1v) is 46.2. The van der Waals surface area contributed by atoms with Crippen molar-refractivity contribution in [3.05, 3.63) is 304 Å². The second kappa shape index (κ2) is 36.1. The predicted molar refractivity (Wildman–Crippen MR) is 492 cm³/mol. The lowest BCUT2D eigenvalue weighted by atomic mass is 9.72. The number of nitrogens with zero attached hydrogens (tertiary/aromatic N) is 8. The van der Waals surface area contributed by atoms with E-state index in [9.17, 15) is 46.7 Å². The van der Waals surface area contributed by atoms with E-state index in [-0.39, 0.29) is 82.8 Å². The molecule has 8 heterocycles. The summed E-state index contributed by atoms with van der Waals surface area (Å²) in [5.74, 6) is -1.14. The summed E-state index contributed by atoms with van der Waals surface area (Å²) in [4.78, 5) is 75.0. The van der Waals surface area contributed by atoms with E-state index in [1.165, 1.54) is 57.9 Å². The van der Waals surface area contributed by atoms with Crippen LogP contribution in [0.2, 0.25) is 10.0 Å². The lowest BCUT2D eigenvalue weighted by Crippen LogP contribution is -2.47. The van der Waals surface area contributed by atoms with Crippen molar-refractivity contribution in [3.63, 3.8) is 0 Å². The number of halogens is 2. The zero-order valence-corrected chi connectivity index (χ0v) is 74.0. The third-order valence-electron chi connectivity index (χ3n) is 25.1. The van der Waals surface area contributed by atoms with Crippen molar-refractivity contribution in [1.29, 1.82) is 0 Å². The van der Waals surface area contributed by atoms with Gasteiger partial charge in [-0.2, -0.15) is 0 Å². The van der Waals surface area contributed by atoms with E-state index in [0.717, 1.165) is 165 Å². The van der Waals surface area contributed by atoms with Gasteiger partial charge < -0.3 is 38.7 Å². The number of hydrogen-bond donors (Lipinski definition) is 4. The molecule has 26 nitrogen and oxygen atoms in total. The summed E-state index contributed by atoms with van der Waals surface area (Å²) in [6.07, 6.45) is 13.5. The van der Waals surface area contributed by atoms with Gasteiger partial charge in [0.1, 0.15) is 45.8 Å². The number of nitrogens with one attached hydrogen (secondary N) is 4. The fourth-order valence-corrected chi connectivity index (χ4v) is 20.2. The van der Waals surface area contributed by atoms with Gasteiger partial charge in [-0.05, 0) is 175 Å². The molecule has 30 heteroatoms. The van der Waals surface area contributed by atoms with Crippen molar-refractivity contribution in [3.8, 4) is 34.5 Å². The van der Waals surface area contributed by atoms with Crippen LogP contribution >= 0.6 is 23.2 Å². The largest absolute Gasteiger partial charge is 0.492 e. The molecule has 0 unspecified atom stereocenters. The number of hydrogen-bond acceptors (Lipinski definition) is 20. The van der Waals surface area contributed by atoms with Crippen LogP contribution in [0.25, 0.3) is 33.2 Å². The lowest BCUT2D eigenvalue weighted by Gasteiger charge is -2.39. The zero-order valence-electron chi connectivity index (χ0n) is 70.9. The standard InChI is InChI=1S/C49H49ClN6O7S.C48H47ClN6O7S/c1-31-4-6-32(7-5-31)36-23-42-44(56(58)59)25-40(26-45(42)62-30-36)64(60,61)53-48(57)41-13-12-38(24-46(41)63-39-22-34-15-17-51-47(34)52-28-39)55-20-18-54(19-21-55)29-35-14-16-49(2,3)27-43(35)33-8-10-37(50)11-9-33;1-48(2)16-14-34(42(27-48)32-8-10-36(49)11-9-32)29-53-18-20-54(21-19-53)37-12-13-40(45(24-37)62-38-22-33-15-17-50-46(33)51-28-38)47(56)52-63(59,60)39-25-43(55(57)58)41-23-35(30-61-44(41)26-39)31-6-4-3-5-7-31/h4-13,15,17,22,24-26,28,36H,14,16,18-21,23,27,29-30H2,1-3H3,(H,51,52)(H,53,57);3-13,15,17,22,24-26,28,35H,14,16,18-21,23,27,29-30H2,1-2H3,(H,50,51)(H,52,56)/t36-;35-/m11/s1. The Kier molecular flexibility index (Phi) is 24.7. The first kappa shape index (κ1) is 86.7. The SMILES string of the molecule is CC1(C)CCC(CN2CCN(c3ccc(C(=O)NS(=O)(=O)c4cc5c(c([N+](=O)[O-])c4)C[C@@H](c4ccccc4)CO5)c(Oc4cnc5[nH]ccc5c4)c3)CC2)=C(c2ccc(Cl)cc2)C1.Cc1ccc([C@H]2COc3cc(S(=O)(=O)NC(=O)c4ccc(N5CCN(CC6=C(c7ccc(Cl)cc7)CC(C)(C)CC6)CC5)cc4Oc4cnc5[nH]ccc5c4)cc([N+](=O)[O-])c3C2)cc1. The van der Waals surface area contributed by atoms with Crippen molar-refractivity contribution in [2.75, 3.05) is 88.5 Å². The summed E-state index contributed by atoms with van der Waals surface area (Å²) in [6.45, 7) is 19.6. The van der Waals surface area contributed by atoms with Gasteiger partial charge in [-0.1, -0.05) is 146 Å². The Morgan fingerprint density at radius 3 is 1.34 bits per heavy atom. The molecule has 654 valence electrons. The topological polar surface area (TPSA) is 320 Å². The highest BCUT2D eigenvalue weighted by molar-refractivity contribution is 7.90. The third-order valence-corrected chi connectivity index (χ3v) is 28.2. The third kappa shape index (κ3) is 19.7. The molecule has 18 rings (SSSR count). The molecule has 6 aliphatic rings. The van der Waals surface area contributed by atoms with Crippen LogP contribution in [0, 0.1) is 38.0 Å². The van der Waals surface area contributed by atoms with E-state index in [1.807, 2.05) is 97.9 Å². The normalized spacial score (nSPS) is 17.8. The fourth-order valence-electron chi connectivity index (χ4n) is 17.9. The number of amides is 2. The number of sulfonamides is 2. The van der Waals surface area contributed by atoms with E-state index in [4.69, 9.17) is 42.1 Å². The molecule has 0 spiro atoms. The van der Waals surface area contributed by atoms with Crippen molar-refractivity contribution in [2.45, 2.75) is 108 Å². The van der Waals surface area contributed by atoms with Gasteiger partial charge in [-0.15, -0.1) is 0 Å². The van der Waals surface area contributed by atoms with Gasteiger partial charge in [0.15, 0.2) is 0 Å². The summed E-state index contributed by atoms with van der Waals surface area (Å²) in [7, 11) is -9.27. The van der Waals surface area contributed by atoms with Crippen LogP contribution in [0.5, 0.6) is 34.5 Å². The first-order valence-electron chi connectivity index (χ1n) is 42.5. The number of pyridine rings is 2. The maximum atomic E-state index is 14.1. The number of piperazine rings is 2. The summed E-state index contributed by atoms with van der Waals surface area (Å²) in [5, 5.41) is 27.7. The number of nitro benzene ring substituents is 2. The second-order valence-electron chi connectivity index (χ2n) is 35.1. The number of aryl methyl sites for hydroxylation is 1. The molecule has 12 aromatic rings. The van der Waals surface area contributed by atoms with Crippen LogP contribution in [0.3, 0.4) is 0 Å². The van der Waals surface area contributed by atoms with Gasteiger partial charge in [-0.3, -0.25) is 39.6 Å². The Bertz CT molecular complexity index is 6550. The molecular formula is C97H96Cl2N12O14S2. The van der Waals surface area contributed by atoms with Crippen LogP contribution in [0.4, 0.5) is 22.7 Å². The predicted octanol–water partition coefficient (Wildman–Crippen LogP) is 19.4. The Morgan fingerprint density at radius 2 is 0.929 bits per heavy atom. The Hall–Kier alpha value is -12.4. The van der Waals surface area contributed by atoms with E-state index in [0.29, 0.717) is 33.9 Å². The van der Waals surface area contributed by atoms with Crippen LogP contribution < -0.4 is 38.2 Å². The number of carbonyl (C=O) groups excluding carboxylic acids is 2. The number of nitro groups is 2. The van der Waals surface area contributed by atoms with Crippen LogP contribution in [-0.2, 0) is 32.9 Å². The van der Waals surface area contributed by atoms with Gasteiger partial charge >= 0.3 is 0 Å². The number of fused-ring (bicyclic) bond motifs is 4. The smallest absolute Gasteiger partial charge is 0.277 e. The monoisotopic (exact) mass is 1790 g/mol. The van der Waals surface area contributed by atoms with Crippen LogP contribution in [0.1, 0.15) is 138 Å². The molecule has 0 bridgehead atoms. The average molecular weight is 1790 g/mol. The Morgan fingerprint density at radius 1 is 0.520 bits per heavy atom. The highest BCUT2D eigenvalue weighted by atomic mass is 35.5. The molecule has 0 radical (unpaired) electrons. The van der Waals surface area contributed by atoms with Crippen LogP contribution in [0.15, 0.2) is 234 Å². The van der Waals surface area contributed by atoms with Crippen molar-refractivity contribution in [2.24, 2.45) is 10.8 Å². The molecule has 2 aliphatic carbocycles. The summed E-state index contributed by atoms with van der Waals surface area (Å²) < 4.78 is 84.5.